The molecule has 0 aromatic rings. The molecular weight excluding hydrogens is 194 g/mol. The van der Waals surface area contributed by atoms with E-state index in [0.717, 1.165) is 6.29 Å². The topological polar surface area (TPSA) is 29.1 Å². The smallest absolute Gasteiger partial charge is 0.137 e. The number of hydrogen-bond donors (Lipinski definition) is 2. The molecule has 0 radical (unpaired) electrons. The summed E-state index contributed by atoms with van der Waals surface area (Å²) in [4.78, 5) is 9.86. The fraction of sp³-hybridized carbons (Fsp3) is 0.909. The molecule has 0 amide bonds. The van der Waals surface area contributed by atoms with Crippen molar-refractivity contribution in [1.82, 2.24) is 5.32 Å². The number of thiol groups is 1. The molecule has 0 aromatic carbocycles. The molecule has 0 unspecified atom stereocenters. The number of hydrogen-bond acceptors (Lipinski definition) is 3. The molecular formula is C11H27NOS. The molecule has 3 heteroatoms. The normalized spacial score (nSPS) is 10.1. The Morgan fingerprint density at radius 3 is 1.57 bits per heavy atom. The number of rotatable bonds is 4. The Hall–Kier alpha value is -0.0200. The number of carbonyl (C=O) groups excluding carboxylic acids is 1. The summed E-state index contributed by atoms with van der Waals surface area (Å²) < 4.78 is 0. The first-order valence-electron chi connectivity index (χ1n) is 5.41. The second kappa shape index (κ2) is 23.1. The van der Waals surface area contributed by atoms with E-state index in [2.05, 4.69) is 45.6 Å². The summed E-state index contributed by atoms with van der Waals surface area (Å²) in [5.41, 5.74) is 0. The van der Waals surface area contributed by atoms with Crippen molar-refractivity contribution in [3.05, 3.63) is 0 Å². The first-order valence-corrected chi connectivity index (χ1v) is 6.04. The first-order chi connectivity index (χ1) is 6.67. The van der Waals surface area contributed by atoms with Crippen molar-refractivity contribution < 1.29 is 4.79 Å². The van der Waals surface area contributed by atoms with Gasteiger partial charge in [-0.05, 0) is 7.05 Å². The van der Waals surface area contributed by atoms with E-state index in [1.807, 2.05) is 0 Å². The zero-order valence-corrected chi connectivity index (χ0v) is 11.2. The summed E-state index contributed by atoms with van der Waals surface area (Å²) >= 11 is 3.88. The minimum Gasteiger partial charge on any atom is -0.310 e. The average Bonchev–Trinajstić information content (AvgIpc) is 2.22. The van der Waals surface area contributed by atoms with Crippen molar-refractivity contribution in [1.29, 1.82) is 0 Å². The van der Waals surface area contributed by atoms with E-state index in [0.29, 0.717) is 5.75 Å². The monoisotopic (exact) mass is 221 g/mol. The molecule has 2 nitrogen and oxygen atoms in total. The van der Waals surface area contributed by atoms with Gasteiger partial charge < -0.3 is 10.1 Å². The van der Waals surface area contributed by atoms with E-state index in [9.17, 15) is 4.79 Å². The lowest BCUT2D eigenvalue weighted by atomic mass is 10.4. The van der Waals surface area contributed by atoms with Gasteiger partial charge in [0, 0.05) is 5.75 Å². The highest BCUT2D eigenvalue weighted by Crippen LogP contribution is 1.78. The van der Waals surface area contributed by atoms with Gasteiger partial charge in [-0.15, -0.1) is 0 Å². The van der Waals surface area contributed by atoms with Crippen LogP contribution < -0.4 is 5.32 Å². The van der Waals surface area contributed by atoms with E-state index in [1.165, 1.54) is 19.3 Å². The van der Waals surface area contributed by atoms with Crippen LogP contribution in [0.25, 0.3) is 0 Å². The fourth-order valence-electron chi connectivity index (χ4n) is 0.202. The van der Waals surface area contributed by atoms with Crippen LogP contribution in [0.5, 0.6) is 0 Å². The van der Waals surface area contributed by atoms with Gasteiger partial charge in [0.2, 0.25) is 0 Å². The molecule has 0 fully saturated rings. The maximum absolute atomic E-state index is 9.86. The highest BCUT2D eigenvalue weighted by atomic mass is 32.1. The number of nitrogens with one attached hydrogen (secondary N) is 1. The van der Waals surface area contributed by atoms with E-state index < -0.39 is 0 Å². The third-order valence-electron chi connectivity index (χ3n) is 1.23. The molecule has 0 aliphatic heterocycles. The van der Waals surface area contributed by atoms with Crippen LogP contribution in [0.2, 0.25) is 0 Å². The summed E-state index contributed by atoms with van der Waals surface area (Å²) in [5, 5.41) is 2.76. The zero-order chi connectivity index (χ0) is 11.8. The highest BCUT2D eigenvalue weighted by molar-refractivity contribution is 7.80. The Bertz CT molecular complexity index is 83.4. The van der Waals surface area contributed by atoms with Crippen molar-refractivity contribution in [3.8, 4) is 0 Å². The lowest BCUT2D eigenvalue weighted by molar-refractivity contribution is -0.109. The van der Waals surface area contributed by atoms with Crippen molar-refractivity contribution >= 4 is 18.9 Å². The number of likely N-dealkylation sites (N-methyl/N-ethyl adjacent to an activating group) is 1. The Labute approximate surface area is 95.3 Å². The lowest BCUT2D eigenvalue weighted by Crippen LogP contribution is -2.27. The molecule has 0 aliphatic rings. The lowest BCUT2D eigenvalue weighted by Gasteiger charge is -2.00. The van der Waals surface area contributed by atoms with E-state index in [-0.39, 0.29) is 6.04 Å². The maximum atomic E-state index is 9.86. The van der Waals surface area contributed by atoms with Gasteiger partial charge in [-0.3, -0.25) is 0 Å². The fourth-order valence-corrected chi connectivity index (χ4v) is 0.471. The Morgan fingerprint density at radius 1 is 1.21 bits per heavy atom. The molecule has 0 spiro atoms. The number of unbranched alkanes of at least 4 members (excludes halogenated alkanes) is 1. The van der Waals surface area contributed by atoms with Gasteiger partial charge in [-0.1, -0.05) is 47.0 Å². The van der Waals surface area contributed by atoms with Crippen LogP contribution in [-0.2, 0) is 4.79 Å². The minimum absolute atomic E-state index is 0.0802. The predicted molar refractivity (Wildman–Crippen MR) is 69.3 cm³/mol. The van der Waals surface area contributed by atoms with Gasteiger partial charge in [0.1, 0.15) is 6.29 Å². The van der Waals surface area contributed by atoms with Crippen LogP contribution >= 0.6 is 12.6 Å². The van der Waals surface area contributed by atoms with Crippen molar-refractivity contribution in [2.24, 2.45) is 0 Å². The average molecular weight is 221 g/mol. The van der Waals surface area contributed by atoms with Gasteiger partial charge in [0.15, 0.2) is 0 Å². The van der Waals surface area contributed by atoms with Gasteiger partial charge >= 0.3 is 0 Å². The molecule has 0 saturated carbocycles. The molecule has 88 valence electrons. The Balaban J connectivity index is -0.000000147. The SMILES string of the molecule is CCC.CCCC.CN[C@H](C=O)CS. The molecule has 0 saturated heterocycles. The largest absolute Gasteiger partial charge is 0.310 e. The second-order valence-electron chi connectivity index (χ2n) is 2.92. The predicted octanol–water partition coefficient (Wildman–Crippen LogP) is 2.93. The molecule has 0 rings (SSSR count). The van der Waals surface area contributed by atoms with E-state index in [4.69, 9.17) is 0 Å². The van der Waals surface area contributed by atoms with Crippen LogP contribution in [0.1, 0.15) is 47.0 Å². The summed E-state index contributed by atoms with van der Waals surface area (Å²) in [6, 6.07) is -0.0802. The van der Waals surface area contributed by atoms with Crippen LogP contribution in [0.15, 0.2) is 0 Å². The summed E-state index contributed by atoms with van der Waals surface area (Å²) in [6.45, 7) is 8.61. The van der Waals surface area contributed by atoms with Crippen LogP contribution in [0.3, 0.4) is 0 Å². The Morgan fingerprint density at radius 2 is 1.57 bits per heavy atom. The molecule has 1 N–H and O–H groups in total. The molecule has 14 heavy (non-hydrogen) atoms. The van der Waals surface area contributed by atoms with Crippen LogP contribution in [-0.4, -0.2) is 25.1 Å². The summed E-state index contributed by atoms with van der Waals surface area (Å²) in [7, 11) is 1.73. The standard InChI is InChI=1S/C4H9NOS.C4H10.C3H8/c1-5-4(2-6)3-7;1-3-4-2;1-3-2/h2,4-5,7H,3H2,1H3;3-4H2,1-2H3;3H2,1-2H3/t4-;;/m1../s1. The zero-order valence-electron chi connectivity index (χ0n) is 10.3. The molecule has 0 aromatic heterocycles. The quantitative estimate of drug-likeness (QED) is 0.564. The van der Waals surface area contributed by atoms with Gasteiger partial charge in [0.25, 0.3) is 0 Å². The third-order valence-corrected chi connectivity index (χ3v) is 1.63. The van der Waals surface area contributed by atoms with Gasteiger partial charge in [-0.25, -0.2) is 0 Å². The Kier molecular flexibility index (Phi) is 32.2. The van der Waals surface area contributed by atoms with Gasteiger partial charge in [0.05, 0.1) is 6.04 Å². The van der Waals surface area contributed by atoms with Crippen LogP contribution in [0.4, 0.5) is 0 Å². The maximum Gasteiger partial charge on any atom is 0.137 e. The summed E-state index contributed by atoms with van der Waals surface area (Å²) in [6.07, 6.45) is 4.73. The third kappa shape index (κ3) is 29.6. The van der Waals surface area contributed by atoms with Crippen LogP contribution in [0, 0.1) is 0 Å². The summed E-state index contributed by atoms with van der Waals surface area (Å²) in [5.74, 6) is 0.569. The number of aldehydes is 1. The van der Waals surface area contributed by atoms with Crippen molar-refractivity contribution in [2.45, 2.75) is 53.0 Å². The van der Waals surface area contributed by atoms with E-state index in [1.54, 1.807) is 7.05 Å². The second-order valence-corrected chi connectivity index (χ2v) is 3.29. The molecule has 1 atom stereocenters. The molecule has 0 aliphatic carbocycles. The van der Waals surface area contributed by atoms with Crippen molar-refractivity contribution in [3.63, 3.8) is 0 Å². The molecule has 0 heterocycles. The van der Waals surface area contributed by atoms with E-state index >= 15 is 0 Å². The highest BCUT2D eigenvalue weighted by Gasteiger charge is 1.95. The van der Waals surface area contributed by atoms with Crippen molar-refractivity contribution in [2.75, 3.05) is 12.8 Å². The first kappa shape index (κ1) is 19.5. The minimum atomic E-state index is -0.0802. The number of carbonyl (C=O) groups is 1. The molecule has 0 bridgehead atoms. The van der Waals surface area contributed by atoms with Gasteiger partial charge in [-0.2, -0.15) is 12.6 Å².